The summed E-state index contributed by atoms with van der Waals surface area (Å²) in [5.41, 5.74) is 0.417. The minimum absolute atomic E-state index is 0.00379. The van der Waals surface area contributed by atoms with Gasteiger partial charge in [-0.25, -0.2) is 13.6 Å². The predicted octanol–water partition coefficient (Wildman–Crippen LogP) is 3.11. The van der Waals surface area contributed by atoms with E-state index in [1.165, 1.54) is 18.2 Å². The van der Waals surface area contributed by atoms with Gasteiger partial charge < -0.3 is 15.2 Å². The number of benzene rings is 2. The molecule has 2 atom stereocenters. The molecule has 26 heavy (non-hydrogen) atoms. The van der Waals surface area contributed by atoms with E-state index >= 15 is 0 Å². The Labute approximate surface area is 149 Å². The zero-order valence-corrected chi connectivity index (χ0v) is 14.1. The average molecular weight is 363 g/mol. The molecule has 0 aliphatic heterocycles. The quantitative estimate of drug-likeness (QED) is 0.756. The Hall–Kier alpha value is -2.96. The van der Waals surface area contributed by atoms with Crippen LogP contribution in [0.5, 0.6) is 5.75 Å². The average Bonchev–Trinajstić information content (AvgIpc) is 2.60. The van der Waals surface area contributed by atoms with Crippen LogP contribution >= 0.6 is 0 Å². The van der Waals surface area contributed by atoms with E-state index in [0.717, 1.165) is 12.1 Å². The number of rotatable bonds is 8. The molecular weight excluding hydrogens is 344 g/mol. The Morgan fingerprint density at radius 1 is 1.12 bits per heavy atom. The van der Waals surface area contributed by atoms with Crippen LogP contribution in [0.1, 0.15) is 24.8 Å². The van der Waals surface area contributed by atoms with Gasteiger partial charge in [-0.3, -0.25) is 4.79 Å². The summed E-state index contributed by atoms with van der Waals surface area (Å²) in [7, 11) is 0. The molecule has 0 aliphatic carbocycles. The van der Waals surface area contributed by atoms with Gasteiger partial charge in [0.2, 0.25) is 12.0 Å². The van der Waals surface area contributed by atoms with Crippen LogP contribution in [0.2, 0.25) is 0 Å². The molecule has 0 heterocycles. The Balaban J connectivity index is 1.89. The van der Waals surface area contributed by atoms with Gasteiger partial charge in [0, 0.05) is 6.42 Å². The van der Waals surface area contributed by atoms with Gasteiger partial charge in [0.15, 0.2) is 0 Å². The van der Waals surface area contributed by atoms with Gasteiger partial charge in [0.1, 0.15) is 17.4 Å². The van der Waals surface area contributed by atoms with Gasteiger partial charge in [-0.2, -0.15) is 0 Å². The fourth-order valence-corrected chi connectivity index (χ4v) is 2.40. The molecule has 7 heteroatoms. The van der Waals surface area contributed by atoms with Crippen molar-refractivity contribution in [3.8, 4) is 5.75 Å². The van der Waals surface area contributed by atoms with Crippen LogP contribution in [-0.2, 0) is 9.59 Å². The first-order valence-electron chi connectivity index (χ1n) is 8.03. The van der Waals surface area contributed by atoms with Gasteiger partial charge in [-0.05, 0) is 41.8 Å². The molecule has 0 bridgehead atoms. The van der Waals surface area contributed by atoms with Gasteiger partial charge in [-0.1, -0.05) is 25.1 Å². The zero-order chi connectivity index (χ0) is 19.1. The molecule has 2 aromatic rings. The zero-order valence-electron chi connectivity index (χ0n) is 14.1. The molecule has 0 saturated heterocycles. The Kier molecular flexibility index (Phi) is 6.66. The second-order valence-electron chi connectivity index (χ2n) is 5.83. The molecule has 2 N–H and O–H groups in total. The minimum atomic E-state index is -1.33. The summed E-state index contributed by atoms with van der Waals surface area (Å²) in [5.74, 6) is -2.74. The molecule has 5 nitrogen and oxygen atoms in total. The number of hydrogen-bond donors (Lipinski definition) is 2. The SMILES string of the molecule is CC(CC(=O)NCC(Oc1ccc(F)cc1)C(=O)O)c1ccccc1F. The summed E-state index contributed by atoms with van der Waals surface area (Å²) in [6, 6.07) is 11.1. The summed E-state index contributed by atoms with van der Waals surface area (Å²) >= 11 is 0. The van der Waals surface area contributed by atoms with Crippen molar-refractivity contribution in [2.75, 3.05) is 6.54 Å². The van der Waals surface area contributed by atoms with Crippen LogP contribution in [0.25, 0.3) is 0 Å². The number of carbonyl (C=O) groups is 2. The van der Waals surface area contributed by atoms with Crippen molar-refractivity contribution < 1.29 is 28.2 Å². The number of carbonyl (C=O) groups excluding carboxylic acids is 1. The topological polar surface area (TPSA) is 75.6 Å². The van der Waals surface area contributed by atoms with E-state index < -0.39 is 29.6 Å². The maximum atomic E-state index is 13.7. The highest BCUT2D eigenvalue weighted by molar-refractivity contribution is 5.79. The van der Waals surface area contributed by atoms with E-state index in [0.29, 0.717) is 5.56 Å². The maximum absolute atomic E-state index is 13.7. The first-order chi connectivity index (χ1) is 12.4. The summed E-state index contributed by atoms with van der Waals surface area (Å²) in [4.78, 5) is 23.3. The predicted molar refractivity (Wildman–Crippen MR) is 90.9 cm³/mol. The number of carboxylic acid groups (broad SMARTS) is 1. The van der Waals surface area contributed by atoms with Crippen molar-refractivity contribution in [1.82, 2.24) is 5.32 Å². The molecule has 0 aromatic heterocycles. The minimum Gasteiger partial charge on any atom is -0.478 e. The number of hydrogen-bond acceptors (Lipinski definition) is 3. The monoisotopic (exact) mass is 363 g/mol. The highest BCUT2D eigenvalue weighted by Gasteiger charge is 2.21. The second kappa shape index (κ2) is 8.94. The third kappa shape index (κ3) is 5.54. The lowest BCUT2D eigenvalue weighted by atomic mass is 9.97. The molecule has 2 rings (SSSR count). The molecule has 0 saturated carbocycles. The third-order valence-electron chi connectivity index (χ3n) is 3.78. The fourth-order valence-electron chi connectivity index (χ4n) is 2.40. The molecule has 1 amide bonds. The Morgan fingerprint density at radius 2 is 1.77 bits per heavy atom. The maximum Gasteiger partial charge on any atom is 0.346 e. The third-order valence-corrected chi connectivity index (χ3v) is 3.78. The molecule has 0 aliphatic rings. The lowest BCUT2D eigenvalue weighted by Gasteiger charge is -2.17. The van der Waals surface area contributed by atoms with Crippen LogP contribution in [0.3, 0.4) is 0 Å². The number of amides is 1. The summed E-state index contributed by atoms with van der Waals surface area (Å²) < 4.78 is 31.8. The smallest absolute Gasteiger partial charge is 0.346 e. The van der Waals surface area contributed by atoms with E-state index in [1.807, 2.05) is 0 Å². The van der Waals surface area contributed by atoms with Crippen molar-refractivity contribution in [3.05, 3.63) is 65.7 Å². The number of nitrogens with one attached hydrogen (secondary N) is 1. The van der Waals surface area contributed by atoms with Crippen LogP contribution in [0.15, 0.2) is 48.5 Å². The Bertz CT molecular complexity index is 764. The van der Waals surface area contributed by atoms with Crippen molar-refractivity contribution in [1.29, 1.82) is 0 Å². The van der Waals surface area contributed by atoms with Crippen molar-refractivity contribution in [2.45, 2.75) is 25.4 Å². The van der Waals surface area contributed by atoms with E-state index in [4.69, 9.17) is 4.74 Å². The lowest BCUT2D eigenvalue weighted by molar-refractivity contribution is -0.145. The number of carboxylic acids is 1. The van der Waals surface area contributed by atoms with E-state index in [-0.39, 0.29) is 24.6 Å². The number of aliphatic carboxylic acids is 1. The fraction of sp³-hybridized carbons (Fsp3) is 0.263. The highest BCUT2D eigenvalue weighted by atomic mass is 19.1. The molecule has 0 radical (unpaired) electrons. The molecule has 0 fully saturated rings. The van der Waals surface area contributed by atoms with Crippen molar-refractivity contribution in [3.63, 3.8) is 0 Å². The van der Waals surface area contributed by atoms with Crippen LogP contribution in [-0.4, -0.2) is 29.6 Å². The molecule has 2 aromatic carbocycles. The molecule has 138 valence electrons. The summed E-state index contributed by atoms with van der Waals surface area (Å²) in [6.45, 7) is 1.44. The first kappa shape index (κ1) is 19.4. The van der Waals surface area contributed by atoms with Crippen LogP contribution in [0, 0.1) is 11.6 Å². The van der Waals surface area contributed by atoms with Gasteiger partial charge in [0.25, 0.3) is 0 Å². The Morgan fingerprint density at radius 3 is 2.38 bits per heavy atom. The van der Waals surface area contributed by atoms with Crippen molar-refractivity contribution >= 4 is 11.9 Å². The highest BCUT2D eigenvalue weighted by Crippen LogP contribution is 2.21. The van der Waals surface area contributed by atoms with E-state index in [2.05, 4.69) is 5.32 Å². The summed E-state index contributed by atoms with van der Waals surface area (Å²) in [5, 5.41) is 11.7. The normalized spacial score (nSPS) is 12.9. The van der Waals surface area contributed by atoms with Crippen LogP contribution in [0.4, 0.5) is 8.78 Å². The van der Waals surface area contributed by atoms with Crippen LogP contribution < -0.4 is 10.1 Å². The number of ether oxygens (including phenoxy) is 1. The van der Waals surface area contributed by atoms with Gasteiger partial charge >= 0.3 is 5.97 Å². The molecule has 0 spiro atoms. The largest absolute Gasteiger partial charge is 0.478 e. The standard InChI is InChI=1S/C19H19F2NO4/c1-12(15-4-2-3-5-16(15)21)10-18(23)22-11-17(19(24)25)26-14-8-6-13(20)7-9-14/h2-9,12,17H,10-11H2,1H3,(H,22,23)(H,24,25). The van der Waals surface area contributed by atoms with Gasteiger partial charge in [0.05, 0.1) is 6.54 Å². The number of halogens is 2. The lowest BCUT2D eigenvalue weighted by Crippen LogP contribution is -2.40. The second-order valence-corrected chi connectivity index (χ2v) is 5.83. The van der Waals surface area contributed by atoms with E-state index in [1.54, 1.807) is 25.1 Å². The van der Waals surface area contributed by atoms with Crippen molar-refractivity contribution in [2.24, 2.45) is 0 Å². The molecule has 2 unspecified atom stereocenters. The van der Waals surface area contributed by atoms with Gasteiger partial charge in [-0.15, -0.1) is 0 Å². The first-order valence-corrected chi connectivity index (χ1v) is 8.03. The summed E-state index contributed by atoms with van der Waals surface area (Å²) in [6.07, 6.45) is -1.32. The molecular formula is C19H19F2NO4. The van der Waals surface area contributed by atoms with E-state index in [9.17, 15) is 23.5 Å².